The van der Waals surface area contributed by atoms with Crippen molar-refractivity contribution in [2.24, 2.45) is 5.92 Å². The molecule has 1 heterocycles. The first-order chi connectivity index (χ1) is 7.08. The van der Waals surface area contributed by atoms with Gasteiger partial charge in [0.1, 0.15) is 6.04 Å². The lowest BCUT2D eigenvalue weighted by Crippen LogP contribution is -2.58. The topological polar surface area (TPSA) is 49.4 Å². The third kappa shape index (κ3) is 2.40. The van der Waals surface area contributed by atoms with Crippen LogP contribution in [0.3, 0.4) is 0 Å². The molecule has 0 aromatic carbocycles. The Morgan fingerprint density at radius 2 is 2.20 bits per heavy atom. The van der Waals surface area contributed by atoms with Crippen LogP contribution in [0.2, 0.25) is 0 Å². The Labute approximate surface area is 96.8 Å². The Hall–Kier alpha value is -0.840. The summed E-state index contributed by atoms with van der Waals surface area (Å²) >= 11 is 3.21. The van der Waals surface area contributed by atoms with Gasteiger partial charge in [-0.2, -0.15) is 0 Å². The molecule has 2 rings (SSSR count). The fourth-order valence-corrected chi connectivity index (χ4v) is 2.12. The van der Waals surface area contributed by atoms with Crippen LogP contribution in [0.15, 0.2) is 11.1 Å². The molecule has 1 aliphatic heterocycles. The summed E-state index contributed by atoms with van der Waals surface area (Å²) in [5.74, 6) is 0.311. The van der Waals surface area contributed by atoms with Crippen molar-refractivity contribution in [3.8, 4) is 0 Å². The zero-order chi connectivity index (χ0) is 11.0. The largest absolute Gasteiger partial charge is 0.342 e. The minimum Gasteiger partial charge on any atom is -0.342 e. The number of carbonyl (C=O) groups excluding carboxylic acids is 2. The number of nitrogens with one attached hydrogen (secondary N) is 1. The number of piperazine rings is 1. The normalized spacial score (nSPS) is 26.5. The second-order valence-corrected chi connectivity index (χ2v) is 5.22. The van der Waals surface area contributed by atoms with Crippen molar-refractivity contribution in [3.63, 3.8) is 0 Å². The zero-order valence-electron chi connectivity index (χ0n) is 8.33. The number of hydrogen-bond acceptors (Lipinski definition) is 2. The average molecular weight is 273 g/mol. The van der Waals surface area contributed by atoms with Gasteiger partial charge < -0.3 is 10.2 Å². The maximum atomic E-state index is 11.9. The molecule has 2 fully saturated rings. The molecular formula is C10H13BrN2O2. The summed E-state index contributed by atoms with van der Waals surface area (Å²) in [6.45, 7) is 4.24. The fourth-order valence-electron chi connectivity index (χ4n) is 1.82. The highest BCUT2D eigenvalue weighted by Crippen LogP contribution is 2.34. The molecule has 1 atom stereocenters. The maximum absolute atomic E-state index is 11.9. The lowest BCUT2D eigenvalue weighted by molar-refractivity contribution is -0.144. The summed E-state index contributed by atoms with van der Waals surface area (Å²) in [6.07, 6.45) is 2.08. The number of nitrogens with zero attached hydrogens (tertiary/aromatic N) is 1. The monoisotopic (exact) mass is 272 g/mol. The Bertz CT molecular complexity index is 323. The number of amides is 2. The van der Waals surface area contributed by atoms with E-state index >= 15 is 0 Å². The van der Waals surface area contributed by atoms with Gasteiger partial charge in [0.15, 0.2) is 0 Å². The van der Waals surface area contributed by atoms with E-state index in [-0.39, 0.29) is 24.4 Å². The maximum Gasteiger partial charge on any atom is 0.246 e. The molecule has 4 nitrogen and oxygen atoms in total. The van der Waals surface area contributed by atoms with Crippen LogP contribution < -0.4 is 5.32 Å². The molecule has 0 spiro atoms. The highest BCUT2D eigenvalue weighted by molar-refractivity contribution is 9.11. The molecule has 1 saturated carbocycles. The van der Waals surface area contributed by atoms with E-state index in [1.54, 1.807) is 4.90 Å². The average Bonchev–Trinajstić information content (AvgIpc) is 2.92. The van der Waals surface area contributed by atoms with Crippen LogP contribution in [0.5, 0.6) is 0 Å². The molecule has 1 unspecified atom stereocenters. The molecule has 0 radical (unpaired) electrons. The minimum atomic E-state index is -0.293. The minimum absolute atomic E-state index is 0.0256. The van der Waals surface area contributed by atoms with Gasteiger partial charge in [-0.1, -0.05) is 22.5 Å². The van der Waals surface area contributed by atoms with E-state index in [0.29, 0.717) is 12.5 Å². The third-order valence-electron chi connectivity index (χ3n) is 2.68. The van der Waals surface area contributed by atoms with Gasteiger partial charge in [-0.3, -0.25) is 9.59 Å². The van der Waals surface area contributed by atoms with Crippen molar-refractivity contribution in [1.29, 1.82) is 0 Å². The predicted octanol–water partition coefficient (Wildman–Crippen LogP) is 0.632. The van der Waals surface area contributed by atoms with Crippen LogP contribution in [0.4, 0.5) is 0 Å². The van der Waals surface area contributed by atoms with Crippen LogP contribution in [0.25, 0.3) is 0 Å². The van der Waals surface area contributed by atoms with Crippen LogP contribution in [-0.2, 0) is 9.59 Å². The fraction of sp³-hybridized carbons (Fsp3) is 0.600. The Kier molecular flexibility index (Phi) is 2.82. The molecular weight excluding hydrogens is 260 g/mol. The highest BCUT2D eigenvalue weighted by atomic mass is 79.9. The molecule has 15 heavy (non-hydrogen) atoms. The van der Waals surface area contributed by atoms with Gasteiger partial charge in [-0.15, -0.1) is 0 Å². The molecule has 0 aromatic heterocycles. The second kappa shape index (κ2) is 3.96. The van der Waals surface area contributed by atoms with E-state index in [1.165, 1.54) is 0 Å². The summed E-state index contributed by atoms with van der Waals surface area (Å²) in [6, 6.07) is -0.293. The molecule has 82 valence electrons. The van der Waals surface area contributed by atoms with Crippen LogP contribution in [-0.4, -0.2) is 35.8 Å². The second-order valence-electron chi connectivity index (χ2n) is 4.09. The number of carbonyl (C=O) groups is 2. The summed E-state index contributed by atoms with van der Waals surface area (Å²) < 4.78 is 0.722. The molecule has 1 aliphatic carbocycles. The smallest absolute Gasteiger partial charge is 0.246 e. The van der Waals surface area contributed by atoms with Crippen LogP contribution >= 0.6 is 15.9 Å². The molecule has 0 aromatic rings. The van der Waals surface area contributed by atoms with E-state index in [1.807, 2.05) is 0 Å². The summed E-state index contributed by atoms with van der Waals surface area (Å²) in [5.41, 5.74) is 0. The standard InChI is InChI=1S/C10H13BrN2O2/c1-6(11)4-13-5-8(14)12-9(10(13)15)7-2-3-7/h7,9H,1-5H2,(H,12,14). The first-order valence-electron chi connectivity index (χ1n) is 4.99. The Balaban J connectivity index is 2.06. The predicted molar refractivity (Wildman–Crippen MR) is 59.3 cm³/mol. The highest BCUT2D eigenvalue weighted by Gasteiger charge is 2.42. The SMILES string of the molecule is C=C(Br)CN1CC(=O)NC(C2CC2)C1=O. The van der Waals surface area contributed by atoms with E-state index in [2.05, 4.69) is 27.8 Å². The van der Waals surface area contributed by atoms with Crippen molar-refractivity contribution >= 4 is 27.7 Å². The summed E-state index contributed by atoms with van der Waals surface area (Å²) in [4.78, 5) is 24.9. The Morgan fingerprint density at radius 3 is 2.73 bits per heavy atom. The molecule has 2 aliphatic rings. The Morgan fingerprint density at radius 1 is 1.53 bits per heavy atom. The first kappa shape index (κ1) is 10.7. The molecule has 1 N–H and O–H groups in total. The number of rotatable bonds is 3. The van der Waals surface area contributed by atoms with Gasteiger partial charge >= 0.3 is 0 Å². The zero-order valence-corrected chi connectivity index (χ0v) is 9.92. The van der Waals surface area contributed by atoms with Crippen LogP contribution in [0.1, 0.15) is 12.8 Å². The van der Waals surface area contributed by atoms with E-state index < -0.39 is 0 Å². The van der Waals surface area contributed by atoms with E-state index in [4.69, 9.17) is 0 Å². The van der Waals surface area contributed by atoms with Crippen molar-refractivity contribution in [1.82, 2.24) is 10.2 Å². The van der Waals surface area contributed by atoms with E-state index in [0.717, 1.165) is 17.3 Å². The molecule has 1 saturated heterocycles. The number of hydrogen-bond donors (Lipinski definition) is 1. The summed E-state index contributed by atoms with van der Waals surface area (Å²) in [5, 5.41) is 2.76. The molecule has 0 bridgehead atoms. The third-order valence-corrected chi connectivity index (χ3v) is 2.94. The first-order valence-corrected chi connectivity index (χ1v) is 5.78. The van der Waals surface area contributed by atoms with Gasteiger partial charge in [-0.05, 0) is 18.8 Å². The van der Waals surface area contributed by atoms with Crippen molar-refractivity contribution < 1.29 is 9.59 Å². The van der Waals surface area contributed by atoms with Gasteiger partial charge in [0.25, 0.3) is 0 Å². The van der Waals surface area contributed by atoms with Gasteiger partial charge in [-0.25, -0.2) is 0 Å². The molecule has 5 heteroatoms. The number of halogens is 1. The van der Waals surface area contributed by atoms with Gasteiger partial charge in [0.2, 0.25) is 11.8 Å². The van der Waals surface area contributed by atoms with Gasteiger partial charge in [0.05, 0.1) is 13.1 Å². The molecule has 2 amide bonds. The van der Waals surface area contributed by atoms with Crippen molar-refractivity contribution in [2.45, 2.75) is 18.9 Å². The lowest BCUT2D eigenvalue weighted by atomic mass is 10.1. The lowest BCUT2D eigenvalue weighted by Gasteiger charge is -2.32. The van der Waals surface area contributed by atoms with E-state index in [9.17, 15) is 9.59 Å². The summed E-state index contributed by atoms with van der Waals surface area (Å²) in [7, 11) is 0. The quantitative estimate of drug-likeness (QED) is 0.820. The van der Waals surface area contributed by atoms with Crippen LogP contribution in [0, 0.1) is 5.92 Å². The van der Waals surface area contributed by atoms with Crippen molar-refractivity contribution in [2.75, 3.05) is 13.1 Å². The van der Waals surface area contributed by atoms with Crippen molar-refractivity contribution in [3.05, 3.63) is 11.1 Å². The van der Waals surface area contributed by atoms with Gasteiger partial charge in [0, 0.05) is 4.48 Å².